The lowest BCUT2D eigenvalue weighted by Gasteiger charge is -2.24. The number of ether oxygens (including phenoxy) is 1. The summed E-state index contributed by atoms with van der Waals surface area (Å²) in [4.78, 5) is 17.4. The second-order valence-corrected chi connectivity index (χ2v) is 8.24. The van der Waals surface area contributed by atoms with Gasteiger partial charge in [-0.1, -0.05) is 54.6 Å². The highest BCUT2D eigenvalue weighted by atomic mass is 16.5. The van der Waals surface area contributed by atoms with Gasteiger partial charge in [0.2, 0.25) is 5.91 Å². The average Bonchev–Trinajstić information content (AvgIpc) is 3.19. The number of aryl methyl sites for hydroxylation is 2. The van der Waals surface area contributed by atoms with Crippen molar-refractivity contribution in [1.29, 1.82) is 0 Å². The Morgan fingerprint density at radius 3 is 2.65 bits per heavy atom. The number of anilines is 1. The van der Waals surface area contributed by atoms with Crippen LogP contribution < -0.4 is 10.1 Å². The third kappa shape index (κ3) is 4.05. The smallest absolute Gasteiger partial charge is 0.272 e. The van der Waals surface area contributed by atoms with Gasteiger partial charge in [-0.25, -0.2) is 4.98 Å². The molecule has 8 nitrogen and oxygen atoms in total. The Labute approximate surface area is 197 Å². The minimum absolute atomic E-state index is 0.0896. The minimum Gasteiger partial charge on any atom is -0.490 e. The van der Waals surface area contributed by atoms with E-state index in [1.165, 1.54) is 0 Å². The fourth-order valence-electron chi connectivity index (χ4n) is 4.18. The molecule has 34 heavy (non-hydrogen) atoms. The summed E-state index contributed by atoms with van der Waals surface area (Å²) in [5.41, 5.74) is 5.54. The molecule has 1 atom stereocenters. The van der Waals surface area contributed by atoms with Gasteiger partial charge >= 0.3 is 0 Å². The summed E-state index contributed by atoms with van der Waals surface area (Å²) >= 11 is 0. The maximum absolute atomic E-state index is 12.7. The predicted molar refractivity (Wildman–Crippen MR) is 129 cm³/mol. The summed E-state index contributed by atoms with van der Waals surface area (Å²) in [5.74, 6) is 1.40. The topological polar surface area (TPSA) is 94.8 Å². The Morgan fingerprint density at radius 2 is 1.91 bits per heavy atom. The van der Waals surface area contributed by atoms with Crippen molar-refractivity contribution >= 4 is 11.7 Å². The summed E-state index contributed by atoms with van der Waals surface area (Å²) in [6.07, 6.45) is 3.65. The van der Waals surface area contributed by atoms with E-state index in [0.717, 1.165) is 33.7 Å². The van der Waals surface area contributed by atoms with Gasteiger partial charge in [-0.15, -0.1) is 5.10 Å². The molecule has 2 aromatic carbocycles. The zero-order chi connectivity index (χ0) is 23.7. The van der Waals surface area contributed by atoms with Gasteiger partial charge in [0, 0.05) is 23.5 Å². The SMILES string of the molecule is C=CCOc1ccc([C@H]2CC(=O)Nc3c2c(C)nn3-c2nncc(-c3ccc(C)cc3)n2)cc1. The predicted octanol–water partition coefficient (Wildman–Crippen LogP) is 4.38. The Hall–Kier alpha value is -4.33. The lowest BCUT2D eigenvalue weighted by Crippen LogP contribution is -2.25. The number of nitrogens with one attached hydrogen (secondary N) is 1. The van der Waals surface area contributed by atoms with E-state index in [9.17, 15) is 4.79 Å². The molecule has 4 aromatic rings. The molecular formula is C26H24N6O2. The number of rotatable bonds is 6. The molecule has 3 heterocycles. The van der Waals surface area contributed by atoms with Crippen LogP contribution in [0.3, 0.4) is 0 Å². The van der Waals surface area contributed by atoms with Crippen LogP contribution in [-0.4, -0.2) is 37.5 Å². The highest BCUT2D eigenvalue weighted by molar-refractivity contribution is 5.95. The van der Waals surface area contributed by atoms with Gasteiger partial charge in [-0.2, -0.15) is 14.9 Å². The first-order valence-electron chi connectivity index (χ1n) is 11.0. The van der Waals surface area contributed by atoms with Crippen molar-refractivity contribution in [2.24, 2.45) is 0 Å². The zero-order valence-electron chi connectivity index (χ0n) is 19.0. The first kappa shape index (κ1) is 21.5. The highest BCUT2D eigenvalue weighted by Gasteiger charge is 2.33. The van der Waals surface area contributed by atoms with Gasteiger partial charge in [0.1, 0.15) is 18.2 Å². The van der Waals surface area contributed by atoms with Crippen LogP contribution in [0, 0.1) is 13.8 Å². The van der Waals surface area contributed by atoms with E-state index in [4.69, 9.17) is 4.74 Å². The lowest BCUT2D eigenvalue weighted by atomic mass is 9.86. The summed E-state index contributed by atoms with van der Waals surface area (Å²) in [7, 11) is 0. The van der Waals surface area contributed by atoms with Gasteiger partial charge in [0.05, 0.1) is 17.6 Å². The summed E-state index contributed by atoms with van der Waals surface area (Å²) in [6, 6.07) is 15.8. The van der Waals surface area contributed by atoms with Crippen molar-refractivity contribution in [1.82, 2.24) is 25.0 Å². The van der Waals surface area contributed by atoms with E-state index in [-0.39, 0.29) is 11.8 Å². The molecule has 2 aromatic heterocycles. The van der Waals surface area contributed by atoms with E-state index < -0.39 is 0 Å². The lowest BCUT2D eigenvalue weighted by molar-refractivity contribution is -0.116. The third-order valence-corrected chi connectivity index (χ3v) is 5.84. The molecule has 8 heteroatoms. The van der Waals surface area contributed by atoms with Crippen LogP contribution in [0.25, 0.3) is 17.2 Å². The number of aromatic nitrogens is 5. The third-order valence-electron chi connectivity index (χ3n) is 5.84. The van der Waals surface area contributed by atoms with Crippen LogP contribution in [0.2, 0.25) is 0 Å². The molecule has 0 saturated heterocycles. The molecule has 1 aliphatic heterocycles. The number of hydrogen-bond acceptors (Lipinski definition) is 6. The molecule has 170 valence electrons. The Balaban J connectivity index is 1.53. The van der Waals surface area contributed by atoms with Crippen molar-refractivity contribution in [2.75, 3.05) is 11.9 Å². The Kier molecular flexibility index (Phi) is 5.63. The Morgan fingerprint density at radius 1 is 1.15 bits per heavy atom. The zero-order valence-corrected chi connectivity index (χ0v) is 19.0. The number of hydrogen-bond donors (Lipinski definition) is 1. The van der Waals surface area contributed by atoms with Crippen LogP contribution in [0.15, 0.2) is 67.4 Å². The first-order valence-corrected chi connectivity index (χ1v) is 11.0. The molecule has 0 spiro atoms. The molecule has 1 aliphatic rings. The number of nitrogens with zero attached hydrogens (tertiary/aromatic N) is 5. The summed E-state index contributed by atoms with van der Waals surface area (Å²) < 4.78 is 7.16. The molecular weight excluding hydrogens is 428 g/mol. The van der Waals surface area contributed by atoms with Gasteiger partial charge in [-0.05, 0) is 31.5 Å². The molecule has 0 aliphatic carbocycles. The minimum atomic E-state index is -0.140. The van der Waals surface area contributed by atoms with Gasteiger partial charge in [-0.3, -0.25) is 4.79 Å². The Bertz CT molecular complexity index is 1360. The fraction of sp³-hybridized carbons (Fsp3) is 0.192. The number of amides is 1. The standard InChI is InChI=1S/C26H24N6O2/c1-4-13-34-20-11-9-18(10-12-20)21-14-23(33)29-25-24(21)17(3)31-32(25)26-28-22(15-27-30-26)19-7-5-16(2)6-8-19/h4-12,15,21H,1,13-14H2,2-3H3,(H,29,33)/t21-/m1/s1. The van der Waals surface area contributed by atoms with Gasteiger partial charge < -0.3 is 10.1 Å². The molecule has 1 amide bonds. The summed E-state index contributed by atoms with van der Waals surface area (Å²) in [5, 5.41) is 16.0. The van der Waals surface area contributed by atoms with Crippen LogP contribution in [0.1, 0.15) is 34.7 Å². The van der Waals surface area contributed by atoms with Crippen molar-refractivity contribution in [3.05, 3.63) is 89.8 Å². The fourth-order valence-corrected chi connectivity index (χ4v) is 4.18. The van der Waals surface area contributed by atoms with Crippen LogP contribution >= 0.6 is 0 Å². The van der Waals surface area contributed by atoms with Crippen molar-refractivity contribution < 1.29 is 9.53 Å². The van der Waals surface area contributed by atoms with Crippen LogP contribution in [-0.2, 0) is 4.79 Å². The monoisotopic (exact) mass is 452 g/mol. The van der Waals surface area contributed by atoms with E-state index >= 15 is 0 Å². The van der Waals surface area contributed by atoms with E-state index in [2.05, 4.69) is 32.2 Å². The van der Waals surface area contributed by atoms with E-state index in [1.807, 2.05) is 62.4 Å². The average molecular weight is 453 g/mol. The second kappa shape index (κ2) is 8.90. The van der Waals surface area contributed by atoms with E-state index in [0.29, 0.717) is 30.5 Å². The number of carbonyl (C=O) groups excluding carboxylic acids is 1. The molecule has 0 saturated carbocycles. The maximum atomic E-state index is 12.7. The number of carbonyl (C=O) groups is 1. The molecule has 0 unspecified atom stereocenters. The molecule has 0 bridgehead atoms. The molecule has 1 N–H and O–H groups in total. The highest BCUT2D eigenvalue weighted by Crippen LogP contribution is 2.40. The second-order valence-electron chi connectivity index (χ2n) is 8.24. The number of benzene rings is 2. The van der Waals surface area contributed by atoms with Gasteiger partial charge in [0.25, 0.3) is 5.95 Å². The quantitative estimate of drug-likeness (QED) is 0.436. The van der Waals surface area contributed by atoms with E-state index in [1.54, 1.807) is 17.0 Å². The van der Waals surface area contributed by atoms with Gasteiger partial charge in [0.15, 0.2) is 0 Å². The maximum Gasteiger partial charge on any atom is 0.272 e. The molecule has 0 fully saturated rings. The molecule has 0 radical (unpaired) electrons. The number of fused-ring (bicyclic) bond motifs is 1. The van der Waals surface area contributed by atoms with Crippen molar-refractivity contribution in [2.45, 2.75) is 26.2 Å². The first-order chi connectivity index (χ1) is 16.5. The van der Waals surface area contributed by atoms with Crippen molar-refractivity contribution in [3.63, 3.8) is 0 Å². The molecule has 5 rings (SSSR count). The van der Waals surface area contributed by atoms with Crippen LogP contribution in [0.5, 0.6) is 5.75 Å². The normalized spacial score (nSPS) is 14.9. The van der Waals surface area contributed by atoms with Crippen LogP contribution in [0.4, 0.5) is 5.82 Å². The summed E-state index contributed by atoms with van der Waals surface area (Å²) in [6.45, 7) is 8.08. The van der Waals surface area contributed by atoms with Crippen molar-refractivity contribution in [3.8, 4) is 23.0 Å². The largest absolute Gasteiger partial charge is 0.490 e.